The molecule has 4 heteroatoms. The average Bonchev–Trinajstić information content (AvgIpc) is 2.27. The Balaban J connectivity index is 2.43. The number of hydrogen-bond donors (Lipinski definition) is 2. The molecule has 0 saturated heterocycles. The third-order valence-electron chi connectivity index (χ3n) is 3.10. The van der Waals surface area contributed by atoms with E-state index in [2.05, 4.69) is 11.0 Å². The van der Waals surface area contributed by atoms with Gasteiger partial charge in [0.05, 0.1) is 0 Å². The van der Waals surface area contributed by atoms with Crippen LogP contribution in [0.5, 0.6) is 0 Å². The lowest BCUT2D eigenvalue weighted by atomic mass is 9.92. The van der Waals surface area contributed by atoms with Crippen molar-refractivity contribution in [3.05, 3.63) is 34.9 Å². The fraction of sp³-hybridized carbons (Fsp3) is 0.417. The Bertz CT molecular complexity index is 417. The smallest absolute Gasteiger partial charge is 0.325 e. The Morgan fingerprint density at radius 3 is 3.00 bits per heavy atom. The van der Waals surface area contributed by atoms with Gasteiger partial charge in [-0.1, -0.05) is 18.2 Å². The lowest BCUT2D eigenvalue weighted by molar-refractivity contribution is -0.138. The number of nitrogens with two attached hydrogens (primary N) is 1. The van der Waals surface area contributed by atoms with Gasteiger partial charge in [0.1, 0.15) is 6.04 Å². The Labute approximate surface area is 94.7 Å². The summed E-state index contributed by atoms with van der Waals surface area (Å²) in [6, 6.07) is 4.85. The van der Waals surface area contributed by atoms with E-state index in [0.717, 1.165) is 30.6 Å². The first-order valence-electron chi connectivity index (χ1n) is 5.37. The van der Waals surface area contributed by atoms with Crippen molar-refractivity contribution < 1.29 is 9.90 Å². The van der Waals surface area contributed by atoms with Gasteiger partial charge in [-0.25, -0.2) is 0 Å². The molecule has 0 aliphatic carbocycles. The van der Waals surface area contributed by atoms with Gasteiger partial charge in [0, 0.05) is 13.1 Å². The Hall–Kier alpha value is -1.39. The Morgan fingerprint density at radius 2 is 2.31 bits per heavy atom. The number of benzene rings is 1. The van der Waals surface area contributed by atoms with E-state index < -0.39 is 12.0 Å². The molecule has 1 aliphatic rings. The van der Waals surface area contributed by atoms with Crippen molar-refractivity contribution in [2.75, 3.05) is 13.6 Å². The zero-order valence-corrected chi connectivity index (χ0v) is 9.31. The number of hydrogen-bond acceptors (Lipinski definition) is 3. The second-order valence-corrected chi connectivity index (χ2v) is 4.29. The largest absolute Gasteiger partial charge is 0.480 e. The monoisotopic (exact) mass is 220 g/mol. The van der Waals surface area contributed by atoms with Crippen LogP contribution in [0.1, 0.15) is 22.7 Å². The molecule has 1 aromatic rings. The topological polar surface area (TPSA) is 66.6 Å². The normalized spacial score (nSPS) is 17.9. The molecular formula is C12H16N2O2. The zero-order chi connectivity index (χ0) is 11.7. The minimum atomic E-state index is -0.971. The first-order chi connectivity index (χ1) is 7.59. The van der Waals surface area contributed by atoms with E-state index in [-0.39, 0.29) is 0 Å². The summed E-state index contributed by atoms with van der Waals surface area (Å²) in [7, 11) is 2.03. The third kappa shape index (κ3) is 1.94. The van der Waals surface area contributed by atoms with Crippen molar-refractivity contribution in [2.45, 2.75) is 19.0 Å². The SMILES string of the molecule is CN1CCc2cccc(C(N)C(=O)O)c2C1. The predicted molar refractivity (Wildman–Crippen MR) is 61.0 cm³/mol. The quantitative estimate of drug-likeness (QED) is 0.772. The van der Waals surface area contributed by atoms with E-state index in [1.54, 1.807) is 0 Å². The highest BCUT2D eigenvalue weighted by Crippen LogP contribution is 2.25. The van der Waals surface area contributed by atoms with Crippen LogP contribution in [0, 0.1) is 0 Å². The van der Waals surface area contributed by atoms with E-state index in [1.165, 1.54) is 5.56 Å². The van der Waals surface area contributed by atoms with E-state index >= 15 is 0 Å². The summed E-state index contributed by atoms with van der Waals surface area (Å²) in [5, 5.41) is 8.96. The van der Waals surface area contributed by atoms with Crippen molar-refractivity contribution in [3.8, 4) is 0 Å². The van der Waals surface area contributed by atoms with Gasteiger partial charge in [-0.05, 0) is 30.2 Å². The third-order valence-corrected chi connectivity index (χ3v) is 3.10. The van der Waals surface area contributed by atoms with E-state index in [1.807, 2.05) is 19.2 Å². The van der Waals surface area contributed by atoms with Gasteiger partial charge in [-0.3, -0.25) is 4.79 Å². The molecule has 1 aliphatic heterocycles. The van der Waals surface area contributed by atoms with Gasteiger partial charge in [-0.2, -0.15) is 0 Å². The lowest BCUT2D eigenvalue weighted by Gasteiger charge is -2.27. The molecule has 1 atom stereocenters. The summed E-state index contributed by atoms with van der Waals surface area (Å²) < 4.78 is 0. The number of rotatable bonds is 2. The first kappa shape index (κ1) is 11.1. The molecule has 0 fully saturated rings. The summed E-state index contributed by atoms with van der Waals surface area (Å²) >= 11 is 0. The molecular weight excluding hydrogens is 204 g/mol. The van der Waals surface area contributed by atoms with E-state index in [0.29, 0.717) is 0 Å². The zero-order valence-electron chi connectivity index (χ0n) is 9.31. The molecule has 1 unspecified atom stereocenters. The minimum Gasteiger partial charge on any atom is -0.480 e. The molecule has 86 valence electrons. The summed E-state index contributed by atoms with van der Waals surface area (Å²) in [4.78, 5) is 13.1. The summed E-state index contributed by atoms with van der Waals surface area (Å²) in [5.74, 6) is -0.971. The van der Waals surface area contributed by atoms with E-state index in [4.69, 9.17) is 10.8 Å². The van der Waals surface area contributed by atoms with Gasteiger partial charge >= 0.3 is 5.97 Å². The van der Waals surface area contributed by atoms with Crippen LogP contribution in [-0.4, -0.2) is 29.6 Å². The van der Waals surface area contributed by atoms with Gasteiger partial charge in [0.15, 0.2) is 0 Å². The number of carboxylic acid groups (broad SMARTS) is 1. The van der Waals surface area contributed by atoms with Crippen LogP contribution >= 0.6 is 0 Å². The van der Waals surface area contributed by atoms with Crippen LogP contribution in [0.15, 0.2) is 18.2 Å². The van der Waals surface area contributed by atoms with Crippen molar-refractivity contribution in [1.82, 2.24) is 4.90 Å². The minimum absolute atomic E-state index is 0.747. The molecule has 1 heterocycles. The second-order valence-electron chi connectivity index (χ2n) is 4.29. The highest BCUT2D eigenvalue weighted by Gasteiger charge is 2.22. The molecule has 0 bridgehead atoms. The number of carbonyl (C=O) groups is 1. The number of aliphatic carboxylic acids is 1. The van der Waals surface area contributed by atoms with Crippen LogP contribution in [0.25, 0.3) is 0 Å². The van der Waals surface area contributed by atoms with Crippen molar-refractivity contribution in [2.24, 2.45) is 5.73 Å². The molecule has 1 aromatic carbocycles. The molecule has 2 rings (SSSR count). The maximum Gasteiger partial charge on any atom is 0.325 e. The number of likely N-dealkylation sites (N-methyl/N-ethyl adjacent to an activating group) is 1. The Morgan fingerprint density at radius 1 is 1.56 bits per heavy atom. The average molecular weight is 220 g/mol. The number of fused-ring (bicyclic) bond motifs is 1. The molecule has 0 spiro atoms. The second kappa shape index (κ2) is 4.23. The van der Waals surface area contributed by atoms with Crippen molar-refractivity contribution in [3.63, 3.8) is 0 Å². The number of nitrogens with zero attached hydrogens (tertiary/aromatic N) is 1. The van der Waals surface area contributed by atoms with Crippen LogP contribution in [0.3, 0.4) is 0 Å². The van der Waals surface area contributed by atoms with Gasteiger partial charge < -0.3 is 15.7 Å². The fourth-order valence-corrected chi connectivity index (χ4v) is 2.17. The standard InChI is InChI=1S/C12H16N2O2/c1-14-6-5-8-3-2-4-9(10(8)7-14)11(13)12(15)16/h2-4,11H,5-7,13H2,1H3,(H,15,16). The highest BCUT2D eigenvalue weighted by molar-refractivity contribution is 5.76. The molecule has 0 aromatic heterocycles. The van der Waals surface area contributed by atoms with Gasteiger partial charge in [0.25, 0.3) is 0 Å². The first-order valence-corrected chi connectivity index (χ1v) is 5.37. The molecule has 0 radical (unpaired) electrons. The molecule has 16 heavy (non-hydrogen) atoms. The fourth-order valence-electron chi connectivity index (χ4n) is 2.17. The molecule has 4 nitrogen and oxygen atoms in total. The molecule has 0 saturated carbocycles. The van der Waals surface area contributed by atoms with Crippen LogP contribution < -0.4 is 5.73 Å². The van der Waals surface area contributed by atoms with Crippen molar-refractivity contribution in [1.29, 1.82) is 0 Å². The van der Waals surface area contributed by atoms with Crippen LogP contribution in [-0.2, 0) is 17.8 Å². The van der Waals surface area contributed by atoms with E-state index in [9.17, 15) is 4.79 Å². The highest BCUT2D eigenvalue weighted by atomic mass is 16.4. The Kier molecular flexibility index (Phi) is 2.94. The lowest BCUT2D eigenvalue weighted by Crippen LogP contribution is -2.30. The predicted octanol–water partition coefficient (Wildman–Crippen LogP) is 0.759. The molecule has 3 N–H and O–H groups in total. The van der Waals surface area contributed by atoms with Crippen molar-refractivity contribution >= 4 is 5.97 Å². The number of carboxylic acids is 1. The van der Waals surface area contributed by atoms with Crippen LogP contribution in [0.2, 0.25) is 0 Å². The van der Waals surface area contributed by atoms with Gasteiger partial charge in [-0.15, -0.1) is 0 Å². The maximum absolute atomic E-state index is 10.9. The van der Waals surface area contributed by atoms with Gasteiger partial charge in [0.2, 0.25) is 0 Å². The maximum atomic E-state index is 10.9. The summed E-state index contributed by atoms with van der Waals surface area (Å²) in [6.07, 6.45) is 0.964. The van der Waals surface area contributed by atoms with Crippen LogP contribution in [0.4, 0.5) is 0 Å². The summed E-state index contributed by atoms with van der Waals surface area (Å²) in [6.45, 7) is 1.80. The molecule has 0 amide bonds. The summed E-state index contributed by atoms with van der Waals surface area (Å²) in [5.41, 5.74) is 8.75.